The van der Waals surface area contributed by atoms with Crippen LogP contribution in [0, 0.1) is 45.4 Å². The third kappa shape index (κ3) is 12.5. The lowest BCUT2D eigenvalue weighted by Crippen LogP contribution is -2.14. The van der Waals surface area contributed by atoms with Gasteiger partial charge in [-0.05, 0) is 166 Å². The molecule has 3 fully saturated rings. The van der Waals surface area contributed by atoms with E-state index >= 15 is 0 Å². The number of rotatable bonds is 5. The van der Waals surface area contributed by atoms with E-state index in [1.165, 1.54) is 130 Å². The van der Waals surface area contributed by atoms with Crippen LogP contribution in [0.2, 0.25) is 0 Å². The Balaban J connectivity index is 0.000000176. The van der Waals surface area contributed by atoms with Crippen LogP contribution in [0.5, 0.6) is 0 Å². The van der Waals surface area contributed by atoms with Gasteiger partial charge in [-0.1, -0.05) is 259 Å². The number of hydrogen-bond donors (Lipinski definition) is 0. The van der Waals surface area contributed by atoms with E-state index in [2.05, 4.69) is 231 Å². The van der Waals surface area contributed by atoms with Crippen LogP contribution in [0.4, 0.5) is 0 Å². The smallest absolute Gasteiger partial charge is 0.00746 e. The van der Waals surface area contributed by atoms with E-state index in [4.69, 9.17) is 0 Å². The summed E-state index contributed by atoms with van der Waals surface area (Å²) in [5, 5.41) is 5.84. The normalized spacial score (nSPS) is 20.4. The van der Waals surface area contributed by atoms with E-state index in [1.54, 1.807) is 16.7 Å². The van der Waals surface area contributed by atoms with Crippen molar-refractivity contribution in [3.05, 3.63) is 189 Å². The largest absolute Gasteiger partial charge is 0.0796 e. The molecule has 3 unspecified atom stereocenters. The first-order chi connectivity index (χ1) is 33.2. The molecule has 0 heteroatoms. The van der Waals surface area contributed by atoms with Gasteiger partial charge in [0.15, 0.2) is 0 Å². The molecular formula is C70H92. The summed E-state index contributed by atoms with van der Waals surface area (Å²) in [6.45, 7) is 34.2. The van der Waals surface area contributed by atoms with Crippen molar-refractivity contribution in [1.29, 1.82) is 0 Å². The molecule has 3 saturated carbocycles. The van der Waals surface area contributed by atoms with E-state index in [9.17, 15) is 0 Å². The van der Waals surface area contributed by atoms with Gasteiger partial charge in [-0.25, -0.2) is 0 Å². The molecule has 6 aromatic carbocycles. The molecule has 3 atom stereocenters. The number of aryl methyl sites for hydroxylation is 4. The standard InChI is InChI=1S/C37H46.C13H18.2C10H14/c1-23-28-17-15-27(36(5,6)7)22-31(28)34(29-18-16-26(21-30(23)29)35(2,3)4)37(8)32-19-14-25(20-33(32)37)24-12-10-9-11-13-24;1-11-7-9-13(10-8-11)12-5-3-2-4-6-12;2*1-8(2)10-6-4-9(3)5-7-10/h14-22,24,32-33H,9-13H2,1-8H3;7-10,12H,2-6H2,1H3;2*4-8H,1-3H3. The number of benzene rings is 6. The molecule has 0 N–H and O–H groups in total. The highest BCUT2D eigenvalue weighted by atomic mass is 14.6. The monoisotopic (exact) mass is 933 g/mol. The van der Waals surface area contributed by atoms with Crippen LogP contribution in [0.15, 0.2) is 133 Å². The molecule has 6 aromatic rings. The zero-order chi connectivity index (χ0) is 50.5. The van der Waals surface area contributed by atoms with Gasteiger partial charge in [-0.15, -0.1) is 0 Å². The molecule has 0 heterocycles. The van der Waals surface area contributed by atoms with Crippen molar-refractivity contribution in [3.8, 4) is 0 Å². The van der Waals surface area contributed by atoms with Gasteiger partial charge in [0, 0.05) is 5.41 Å². The maximum Gasteiger partial charge on any atom is 0.00746 e. The first-order valence-electron chi connectivity index (χ1n) is 27.8. The number of fused-ring (bicyclic) bond motifs is 3. The SMILES string of the molecule is Cc1c2cc(C(C)(C)C)ccc2c(C2(C)C3C=CC(C4CCCCC4)=CC32)c2cc(C(C)(C)C)ccc12.Cc1ccc(C(C)C)cc1.Cc1ccc(C(C)C)cc1.Cc1ccc(C2CCCCC2)cc1. The van der Waals surface area contributed by atoms with Crippen LogP contribution in [0.1, 0.15) is 214 Å². The Kier molecular flexibility index (Phi) is 17.0. The Labute approximate surface area is 427 Å². The molecule has 0 radical (unpaired) electrons. The molecule has 0 bridgehead atoms. The fourth-order valence-corrected chi connectivity index (χ4v) is 11.8. The summed E-state index contributed by atoms with van der Waals surface area (Å²) >= 11 is 0. The van der Waals surface area contributed by atoms with E-state index in [0.717, 1.165) is 11.8 Å². The second-order valence-corrected chi connectivity index (χ2v) is 25.1. The predicted octanol–water partition coefficient (Wildman–Crippen LogP) is 20.8. The van der Waals surface area contributed by atoms with Gasteiger partial charge in [-0.3, -0.25) is 0 Å². The maximum absolute atomic E-state index is 2.70. The van der Waals surface area contributed by atoms with E-state index in [1.807, 2.05) is 0 Å². The highest BCUT2D eigenvalue weighted by molar-refractivity contribution is 6.07. The first kappa shape index (κ1) is 53.1. The molecule has 0 spiro atoms. The van der Waals surface area contributed by atoms with Crippen molar-refractivity contribution >= 4 is 21.5 Å². The third-order valence-corrected chi connectivity index (χ3v) is 16.9. The Morgan fingerprint density at radius 1 is 0.457 bits per heavy atom. The van der Waals surface area contributed by atoms with Crippen LogP contribution in [-0.2, 0) is 16.2 Å². The summed E-state index contributed by atoms with van der Waals surface area (Å²) in [6.07, 6.45) is 21.9. The van der Waals surface area contributed by atoms with Gasteiger partial charge < -0.3 is 0 Å². The van der Waals surface area contributed by atoms with E-state index in [0.29, 0.717) is 23.7 Å². The van der Waals surface area contributed by atoms with Crippen molar-refractivity contribution in [2.45, 2.75) is 202 Å². The minimum absolute atomic E-state index is 0.135. The van der Waals surface area contributed by atoms with Gasteiger partial charge in [0.1, 0.15) is 0 Å². The van der Waals surface area contributed by atoms with Gasteiger partial charge >= 0.3 is 0 Å². The maximum atomic E-state index is 2.70. The lowest BCUT2D eigenvalue weighted by Gasteiger charge is -2.26. The number of allylic oxidation sites excluding steroid dienone is 4. The molecule has 0 aromatic heterocycles. The molecular weight excluding hydrogens is 841 g/mol. The highest BCUT2D eigenvalue weighted by Gasteiger charge is 2.61. The average molecular weight is 934 g/mol. The van der Waals surface area contributed by atoms with Crippen LogP contribution in [0.25, 0.3) is 21.5 Å². The van der Waals surface area contributed by atoms with Crippen molar-refractivity contribution in [3.63, 3.8) is 0 Å². The Hall–Kier alpha value is -4.68. The van der Waals surface area contributed by atoms with Crippen LogP contribution < -0.4 is 0 Å². The van der Waals surface area contributed by atoms with Gasteiger partial charge in [0.25, 0.3) is 0 Å². The van der Waals surface area contributed by atoms with Crippen LogP contribution in [0.3, 0.4) is 0 Å². The van der Waals surface area contributed by atoms with Crippen LogP contribution >= 0.6 is 0 Å². The van der Waals surface area contributed by atoms with Gasteiger partial charge in [0.05, 0.1) is 0 Å². The topological polar surface area (TPSA) is 0 Å². The Bertz CT molecular complexity index is 2660. The summed E-state index contributed by atoms with van der Waals surface area (Å²) in [5.74, 6) is 4.17. The molecule has 0 aliphatic heterocycles. The van der Waals surface area contributed by atoms with Crippen LogP contribution in [-0.4, -0.2) is 0 Å². The summed E-state index contributed by atoms with van der Waals surface area (Å²) in [7, 11) is 0. The summed E-state index contributed by atoms with van der Waals surface area (Å²) in [5.41, 5.74) is 16.4. The first-order valence-corrected chi connectivity index (χ1v) is 27.8. The highest BCUT2D eigenvalue weighted by Crippen LogP contribution is 2.66. The molecule has 0 saturated heterocycles. The minimum atomic E-state index is 0.135. The molecule has 4 aliphatic rings. The molecule has 4 aliphatic carbocycles. The summed E-state index contributed by atoms with van der Waals surface area (Å²) in [6, 6.07) is 41.2. The van der Waals surface area contributed by atoms with E-state index in [-0.39, 0.29) is 16.2 Å². The fourth-order valence-electron chi connectivity index (χ4n) is 11.8. The number of hydrogen-bond acceptors (Lipinski definition) is 0. The predicted molar refractivity (Wildman–Crippen MR) is 309 cm³/mol. The second-order valence-electron chi connectivity index (χ2n) is 25.1. The average Bonchev–Trinajstić information content (AvgIpc) is 3.95. The van der Waals surface area contributed by atoms with Crippen molar-refractivity contribution in [2.24, 2.45) is 17.8 Å². The van der Waals surface area contributed by atoms with Gasteiger partial charge in [0.2, 0.25) is 0 Å². The molecule has 0 nitrogen and oxygen atoms in total. The molecule has 0 amide bonds. The van der Waals surface area contributed by atoms with Crippen molar-refractivity contribution < 1.29 is 0 Å². The quantitative estimate of drug-likeness (QED) is 0.151. The molecule has 372 valence electrons. The zero-order valence-corrected chi connectivity index (χ0v) is 46.7. The fraction of sp³-hybridized carbons (Fsp3) is 0.486. The Morgan fingerprint density at radius 2 is 0.886 bits per heavy atom. The van der Waals surface area contributed by atoms with Gasteiger partial charge in [-0.2, -0.15) is 0 Å². The van der Waals surface area contributed by atoms with Crippen molar-refractivity contribution in [2.75, 3.05) is 0 Å². The Morgan fingerprint density at radius 3 is 1.34 bits per heavy atom. The van der Waals surface area contributed by atoms with Crippen molar-refractivity contribution in [1.82, 2.24) is 0 Å². The lowest BCUT2D eigenvalue weighted by molar-refractivity contribution is 0.406. The van der Waals surface area contributed by atoms with E-state index < -0.39 is 0 Å². The second kappa shape index (κ2) is 22.4. The zero-order valence-electron chi connectivity index (χ0n) is 46.7. The molecule has 10 rings (SSSR count). The summed E-state index contributed by atoms with van der Waals surface area (Å²) < 4.78 is 0. The molecule has 70 heavy (non-hydrogen) atoms. The third-order valence-electron chi connectivity index (χ3n) is 16.9. The minimum Gasteiger partial charge on any atom is -0.0796 e. The lowest BCUT2D eigenvalue weighted by atomic mass is 9.78. The summed E-state index contributed by atoms with van der Waals surface area (Å²) in [4.78, 5) is 0.